The van der Waals surface area contributed by atoms with Crippen molar-refractivity contribution in [3.63, 3.8) is 0 Å². The van der Waals surface area contributed by atoms with Crippen LogP contribution >= 0.6 is 16.1 Å². The molecule has 3 aliphatic rings. The van der Waals surface area contributed by atoms with Crippen molar-refractivity contribution in [3.8, 4) is 0 Å². The fourth-order valence-electron chi connectivity index (χ4n) is 7.29. The Hall–Kier alpha value is -4.35. The molecule has 19 nitrogen and oxygen atoms in total. The van der Waals surface area contributed by atoms with Crippen molar-refractivity contribution in [1.29, 1.82) is 0 Å². The number of carbonyl (C=O) groups excluding carboxylic acids is 1. The second-order valence-electron chi connectivity index (χ2n) is 16.5. The summed E-state index contributed by atoms with van der Waals surface area (Å²) in [4.78, 5) is 34.4. The van der Waals surface area contributed by atoms with Gasteiger partial charge in [0, 0.05) is 16.0 Å². The molecule has 0 bridgehead atoms. The molecule has 22 heteroatoms. The molecule has 0 radical (unpaired) electrons. The van der Waals surface area contributed by atoms with Crippen LogP contribution < -0.4 is 5.32 Å². The van der Waals surface area contributed by atoms with Gasteiger partial charge in [-0.2, -0.15) is 0 Å². The number of amides is 1. The molecule has 3 saturated heterocycles. The predicted octanol–water partition coefficient (Wildman–Crippen LogP) is 7.47. The third-order valence-electron chi connectivity index (χ3n) is 11.5. The molecule has 1 amide bonds. The molecule has 0 aliphatic carbocycles. The Morgan fingerprint density at radius 1 is 0.984 bits per heavy atom. The zero-order valence-electron chi connectivity index (χ0n) is 34.4. The number of nitrogens with one attached hydrogen (secondary N) is 1. The average Bonchev–Trinajstić information content (AvgIpc) is 4.00. The van der Waals surface area contributed by atoms with Gasteiger partial charge in [0.1, 0.15) is 50.2 Å². The number of rotatable bonds is 9. The molecular weight excluding hydrogens is 847 g/mol. The maximum atomic E-state index is 14.7. The number of hydrogen-bond acceptors (Lipinski definition) is 15. The van der Waals surface area contributed by atoms with Crippen LogP contribution in [-0.4, -0.2) is 100 Å². The molecule has 2 aromatic carbocycles. The number of aromatic nitrogens is 6. The van der Waals surface area contributed by atoms with Crippen molar-refractivity contribution >= 4 is 58.3 Å². The highest BCUT2D eigenvalue weighted by Gasteiger charge is 2.57. The highest BCUT2D eigenvalue weighted by atomic mass is 31.2. The molecule has 1 N–H and O–H groups in total. The van der Waals surface area contributed by atoms with Crippen LogP contribution in [0.4, 0.5) is 5.82 Å². The largest absolute Gasteiger partial charge is 0.697 e. The Morgan fingerprint density at radius 2 is 1.70 bits per heavy atom. The van der Waals surface area contributed by atoms with Crippen LogP contribution in [-0.2, 0) is 45.6 Å². The Kier molecular flexibility index (Phi) is 12.4. The molecule has 0 saturated carbocycles. The van der Waals surface area contributed by atoms with Crippen molar-refractivity contribution in [2.24, 2.45) is 5.92 Å². The number of hydrogen-bond donors (Lipinski definition) is 1. The topological polar surface area (TPSA) is 203 Å². The third kappa shape index (κ3) is 8.83. The van der Waals surface area contributed by atoms with Crippen molar-refractivity contribution in [3.05, 3.63) is 90.6 Å². The number of fused-ring (bicyclic) bond motifs is 4. The van der Waals surface area contributed by atoms with Crippen molar-refractivity contribution in [2.75, 3.05) is 31.7 Å². The summed E-state index contributed by atoms with van der Waals surface area (Å²) in [5, 5.41) is 2.52. The number of anilines is 1. The van der Waals surface area contributed by atoms with Crippen LogP contribution in [0, 0.1) is 12.5 Å². The maximum Gasteiger partial charge on any atom is 0.697 e. The fourth-order valence-corrected chi connectivity index (χ4v) is 10.8. The molecule has 10 atom stereocenters. The highest BCUT2D eigenvalue weighted by Crippen LogP contribution is 2.56. The summed E-state index contributed by atoms with van der Waals surface area (Å²) in [6.45, 7) is 18.4. The Bertz CT molecular complexity index is 2500. The van der Waals surface area contributed by atoms with Crippen LogP contribution in [0.3, 0.4) is 0 Å². The first-order valence-electron chi connectivity index (χ1n) is 19.8. The Labute approximate surface area is 353 Å². The van der Waals surface area contributed by atoms with Gasteiger partial charge in [0.2, 0.25) is 6.54 Å². The smallest absolute Gasteiger partial charge is 0.406 e. The van der Waals surface area contributed by atoms with E-state index in [0.29, 0.717) is 11.2 Å². The van der Waals surface area contributed by atoms with Gasteiger partial charge in [-0.3, -0.25) is 22.9 Å². The molecule has 3 aliphatic heterocycles. The van der Waals surface area contributed by atoms with E-state index in [1.165, 1.54) is 12.7 Å². The van der Waals surface area contributed by atoms with Crippen LogP contribution in [0.25, 0.3) is 27.0 Å². The lowest BCUT2D eigenvalue weighted by atomic mass is 10.0. The maximum absolute atomic E-state index is 14.7. The van der Waals surface area contributed by atoms with Crippen LogP contribution in [0.2, 0.25) is 18.1 Å². The fraction of sp³-hybridized carbons (Fsp3) is 0.487. The second kappa shape index (κ2) is 17.4. The van der Waals surface area contributed by atoms with Gasteiger partial charge < -0.3 is 28.6 Å². The molecule has 0 spiro atoms. The van der Waals surface area contributed by atoms with Crippen molar-refractivity contribution in [1.82, 2.24) is 29.1 Å². The van der Waals surface area contributed by atoms with E-state index in [2.05, 4.69) is 64.0 Å². The van der Waals surface area contributed by atoms with Gasteiger partial charge >= 0.3 is 16.1 Å². The number of phosphoric ester groups is 1. The molecule has 3 fully saturated rings. The number of nitrogens with zero attached hydrogens (tertiary/aromatic N) is 7. The van der Waals surface area contributed by atoms with Crippen molar-refractivity contribution in [2.45, 2.75) is 88.8 Å². The standard InChI is InChI=1S/C39H46N8O11P2Si/c1-24-31-28(54-37(24)46-22-43-26-15-11-12-16-27(26)46)19-51-59(49)56-32-29(20-53-60(50,57-31)52-18-17-40-5)55-38(33(32)58-61(6,7)39(2,3)4)47-23-44-30-34(41-21-42-35(30)47)45-36(48)25-13-9-8-10-14-25/h8-16,21-24,28-29,31-33,37-38H,17-20H2,1-4,6-7H3/p+1/t24-,28+,29+,31?,32?,33-,37+,38+,60?/m0/s1. The summed E-state index contributed by atoms with van der Waals surface area (Å²) in [6.07, 6.45) is -2.34. The highest BCUT2D eigenvalue weighted by molar-refractivity contribution is 7.48. The van der Waals surface area contributed by atoms with E-state index in [1.807, 2.05) is 41.8 Å². The SMILES string of the molecule is [C-]#[N+]CCOP1(=O)OC[C@H]2O[C@@H](n3cnc4c(NC(=O)c5ccccc5)ncnc43)[C@@H](O[Si](C)(C)C(C)(C)C)C2O[P+](=O)OC[C@H]2O[C@@H](n3cnc4ccccc43)[C@@H](C)C2O1. The number of imidazole rings is 2. The van der Waals surface area contributed by atoms with Gasteiger partial charge in [-0.25, -0.2) is 31.1 Å². The molecule has 3 aromatic heterocycles. The van der Waals surface area contributed by atoms with Gasteiger partial charge in [0.15, 0.2) is 37.6 Å². The quantitative estimate of drug-likeness (QED) is 0.0660. The molecule has 322 valence electrons. The molecule has 5 aromatic rings. The number of benzene rings is 2. The average molecular weight is 894 g/mol. The monoisotopic (exact) mass is 893 g/mol. The van der Waals surface area contributed by atoms with E-state index in [0.717, 1.165) is 11.0 Å². The normalized spacial score (nSPS) is 29.4. The summed E-state index contributed by atoms with van der Waals surface area (Å²) < 4.78 is 82.7. The van der Waals surface area contributed by atoms with E-state index in [9.17, 15) is 13.9 Å². The van der Waals surface area contributed by atoms with E-state index in [1.54, 1.807) is 35.2 Å². The van der Waals surface area contributed by atoms with Gasteiger partial charge in [-0.1, -0.05) is 58.0 Å². The number of para-hydroxylation sites is 2. The van der Waals surface area contributed by atoms with Crippen LogP contribution in [0.15, 0.2) is 73.6 Å². The molecule has 61 heavy (non-hydrogen) atoms. The van der Waals surface area contributed by atoms with Gasteiger partial charge in [-0.15, -0.1) is 9.05 Å². The zero-order chi connectivity index (χ0) is 43.1. The second-order valence-corrected chi connectivity index (χ2v) is 23.8. The first-order chi connectivity index (χ1) is 29.2. The van der Waals surface area contributed by atoms with Gasteiger partial charge in [0.05, 0.1) is 30.3 Å². The van der Waals surface area contributed by atoms with E-state index < -0.39 is 85.8 Å². The minimum absolute atomic E-state index is 0.108. The Balaban J connectivity index is 1.13. The summed E-state index contributed by atoms with van der Waals surface area (Å²) in [7, 11) is -10.0. The molecule has 4 unspecified atom stereocenters. The van der Waals surface area contributed by atoms with E-state index >= 15 is 0 Å². The number of phosphoric acid groups is 1. The predicted molar refractivity (Wildman–Crippen MR) is 223 cm³/mol. The minimum atomic E-state index is -4.49. The lowest BCUT2D eigenvalue weighted by Crippen LogP contribution is -2.49. The lowest BCUT2D eigenvalue weighted by Gasteiger charge is -2.40. The Morgan fingerprint density at radius 3 is 2.48 bits per heavy atom. The molecule has 6 heterocycles. The zero-order valence-corrected chi connectivity index (χ0v) is 37.2. The van der Waals surface area contributed by atoms with E-state index in [-0.39, 0.29) is 36.1 Å². The molecular formula is C39H47N8O11P2Si+. The number of carbonyl (C=O) groups is 1. The summed E-state index contributed by atoms with van der Waals surface area (Å²) >= 11 is 0. The van der Waals surface area contributed by atoms with Crippen molar-refractivity contribution < 1.29 is 50.4 Å². The summed E-state index contributed by atoms with van der Waals surface area (Å²) in [5.41, 5.74) is 2.54. The van der Waals surface area contributed by atoms with Gasteiger partial charge in [0.25, 0.3) is 5.91 Å². The first kappa shape index (κ1) is 43.3. The van der Waals surface area contributed by atoms with E-state index in [4.69, 9.17) is 43.1 Å². The number of ether oxygens (including phenoxy) is 2. The third-order valence-corrected chi connectivity index (χ3v) is 18.2. The van der Waals surface area contributed by atoms with Crippen LogP contribution in [0.5, 0.6) is 0 Å². The van der Waals surface area contributed by atoms with Crippen LogP contribution in [0.1, 0.15) is 50.5 Å². The lowest BCUT2D eigenvalue weighted by molar-refractivity contribution is -0.0628. The summed E-state index contributed by atoms with van der Waals surface area (Å²) in [6, 6.07) is 16.2. The van der Waals surface area contributed by atoms with Gasteiger partial charge in [-0.05, 0) is 42.4 Å². The minimum Gasteiger partial charge on any atom is -0.406 e. The summed E-state index contributed by atoms with van der Waals surface area (Å²) in [5.74, 6) is -0.700. The molecule has 8 rings (SSSR count). The first-order valence-corrected chi connectivity index (χ1v) is 25.2.